The zero-order chi connectivity index (χ0) is 12.3. The van der Waals surface area contributed by atoms with Crippen molar-refractivity contribution < 1.29 is 4.74 Å². The second-order valence-electron chi connectivity index (χ2n) is 4.48. The molecule has 1 saturated heterocycles. The molecule has 0 atom stereocenters. The summed E-state index contributed by atoms with van der Waals surface area (Å²) in [6.07, 6.45) is 2.29. The molecule has 1 aromatic heterocycles. The van der Waals surface area contributed by atoms with E-state index >= 15 is 0 Å². The third-order valence-electron chi connectivity index (χ3n) is 3.13. The monoisotopic (exact) mass is 255 g/mol. The molecule has 1 aliphatic rings. The van der Waals surface area contributed by atoms with Gasteiger partial charge in [0, 0.05) is 32.9 Å². The van der Waals surface area contributed by atoms with Crippen molar-refractivity contribution in [2.45, 2.75) is 19.8 Å². The first-order chi connectivity index (χ1) is 8.19. The number of halogens is 1. The molecular weight excluding hydrogens is 238 g/mol. The lowest BCUT2D eigenvalue weighted by atomic mass is 9.98. The molecule has 0 aliphatic carbocycles. The average molecular weight is 256 g/mol. The molecule has 4 nitrogen and oxygen atoms in total. The van der Waals surface area contributed by atoms with Gasteiger partial charge in [-0.1, -0.05) is 11.6 Å². The summed E-state index contributed by atoms with van der Waals surface area (Å²) in [6, 6.07) is 1.84. The summed E-state index contributed by atoms with van der Waals surface area (Å²) in [5, 5.41) is 0.520. The highest BCUT2D eigenvalue weighted by atomic mass is 35.5. The van der Waals surface area contributed by atoms with Crippen LogP contribution in [-0.2, 0) is 4.74 Å². The minimum atomic E-state index is 0.520. The molecule has 1 aromatic rings. The molecule has 0 spiro atoms. The molecule has 0 N–H and O–H groups in total. The Morgan fingerprint density at radius 1 is 1.41 bits per heavy atom. The minimum Gasteiger partial charge on any atom is -0.384 e. The Morgan fingerprint density at radius 2 is 2.12 bits per heavy atom. The van der Waals surface area contributed by atoms with Gasteiger partial charge in [-0.25, -0.2) is 9.97 Å². The van der Waals surface area contributed by atoms with Gasteiger partial charge >= 0.3 is 0 Å². The fourth-order valence-electron chi connectivity index (χ4n) is 2.24. The van der Waals surface area contributed by atoms with Crippen molar-refractivity contribution in [3.8, 4) is 0 Å². The van der Waals surface area contributed by atoms with Crippen LogP contribution in [0.5, 0.6) is 0 Å². The van der Waals surface area contributed by atoms with Gasteiger partial charge in [-0.15, -0.1) is 0 Å². The molecule has 0 bridgehead atoms. The van der Waals surface area contributed by atoms with Gasteiger partial charge < -0.3 is 9.64 Å². The number of piperidine rings is 1. The number of aryl methyl sites for hydroxylation is 1. The molecule has 5 heteroatoms. The van der Waals surface area contributed by atoms with Crippen LogP contribution in [0, 0.1) is 12.8 Å². The molecule has 17 heavy (non-hydrogen) atoms. The predicted octanol–water partition coefficient (Wildman–Crippen LogP) is 2.30. The molecule has 2 rings (SSSR count). The van der Waals surface area contributed by atoms with E-state index in [9.17, 15) is 0 Å². The van der Waals surface area contributed by atoms with Crippen molar-refractivity contribution in [2.75, 3.05) is 31.7 Å². The quantitative estimate of drug-likeness (QED) is 0.777. The zero-order valence-electron chi connectivity index (χ0n) is 10.3. The Morgan fingerprint density at radius 3 is 2.71 bits per heavy atom. The lowest BCUT2D eigenvalue weighted by Gasteiger charge is -2.32. The van der Waals surface area contributed by atoms with E-state index < -0.39 is 0 Å². The lowest BCUT2D eigenvalue weighted by molar-refractivity contribution is 0.139. The molecule has 1 aliphatic heterocycles. The Bertz CT molecular complexity index is 358. The van der Waals surface area contributed by atoms with Crippen LogP contribution in [0.15, 0.2) is 6.07 Å². The average Bonchev–Trinajstić information content (AvgIpc) is 2.29. The van der Waals surface area contributed by atoms with E-state index in [0.29, 0.717) is 11.1 Å². The van der Waals surface area contributed by atoms with E-state index in [0.717, 1.165) is 44.2 Å². The first-order valence-electron chi connectivity index (χ1n) is 5.94. The summed E-state index contributed by atoms with van der Waals surface area (Å²) in [6.45, 7) is 4.76. The van der Waals surface area contributed by atoms with Gasteiger partial charge in [0.2, 0.25) is 0 Å². The number of rotatable bonds is 3. The summed E-state index contributed by atoms with van der Waals surface area (Å²) in [5.74, 6) is 2.35. The van der Waals surface area contributed by atoms with E-state index in [4.69, 9.17) is 16.3 Å². The maximum Gasteiger partial charge on any atom is 0.134 e. The first kappa shape index (κ1) is 12.6. The number of hydrogen-bond donors (Lipinski definition) is 0. The molecular formula is C12H18ClN3O. The Labute approximate surface area is 107 Å². The van der Waals surface area contributed by atoms with Crippen molar-refractivity contribution in [2.24, 2.45) is 5.92 Å². The van der Waals surface area contributed by atoms with Gasteiger partial charge in [0.05, 0.1) is 0 Å². The van der Waals surface area contributed by atoms with Crippen molar-refractivity contribution in [1.29, 1.82) is 0 Å². The van der Waals surface area contributed by atoms with Crippen molar-refractivity contribution in [3.63, 3.8) is 0 Å². The maximum atomic E-state index is 5.95. The van der Waals surface area contributed by atoms with Crippen molar-refractivity contribution >= 4 is 17.4 Å². The number of nitrogens with zero attached hydrogens (tertiary/aromatic N) is 3. The molecule has 0 saturated carbocycles. The lowest BCUT2D eigenvalue weighted by Crippen LogP contribution is -2.35. The number of methoxy groups -OCH3 is 1. The Balaban J connectivity index is 2.00. The summed E-state index contributed by atoms with van der Waals surface area (Å²) in [5.41, 5.74) is 0. The van der Waals surface area contributed by atoms with Gasteiger partial charge in [0.15, 0.2) is 0 Å². The van der Waals surface area contributed by atoms with Gasteiger partial charge in [0.25, 0.3) is 0 Å². The van der Waals surface area contributed by atoms with Crippen LogP contribution in [0.3, 0.4) is 0 Å². The highest BCUT2D eigenvalue weighted by Gasteiger charge is 2.20. The SMILES string of the molecule is COCC1CCN(c2cc(Cl)nc(C)n2)CC1. The number of ether oxygens (including phenoxy) is 1. The first-order valence-corrected chi connectivity index (χ1v) is 6.32. The number of anilines is 1. The minimum absolute atomic E-state index is 0.520. The van der Waals surface area contributed by atoms with Crippen LogP contribution >= 0.6 is 11.6 Å². The van der Waals surface area contributed by atoms with E-state index in [2.05, 4.69) is 14.9 Å². The molecule has 0 aromatic carbocycles. The molecule has 0 amide bonds. The van der Waals surface area contributed by atoms with Crippen LogP contribution < -0.4 is 4.90 Å². The van der Waals surface area contributed by atoms with Gasteiger partial charge in [-0.05, 0) is 25.7 Å². The van der Waals surface area contributed by atoms with Crippen LogP contribution in [0.4, 0.5) is 5.82 Å². The molecule has 2 heterocycles. The summed E-state index contributed by atoms with van der Waals surface area (Å²) in [4.78, 5) is 10.8. The van der Waals surface area contributed by atoms with Crippen molar-refractivity contribution in [1.82, 2.24) is 9.97 Å². The van der Waals surface area contributed by atoms with E-state index in [1.54, 1.807) is 7.11 Å². The fourth-order valence-corrected chi connectivity index (χ4v) is 2.46. The second kappa shape index (κ2) is 5.65. The van der Waals surface area contributed by atoms with Crippen LogP contribution in [0.1, 0.15) is 18.7 Å². The molecule has 0 unspecified atom stereocenters. The third kappa shape index (κ3) is 3.30. The van der Waals surface area contributed by atoms with Gasteiger partial charge in [-0.2, -0.15) is 0 Å². The largest absolute Gasteiger partial charge is 0.384 e. The fraction of sp³-hybridized carbons (Fsp3) is 0.667. The predicted molar refractivity (Wildman–Crippen MR) is 68.6 cm³/mol. The highest BCUT2D eigenvalue weighted by Crippen LogP contribution is 2.23. The summed E-state index contributed by atoms with van der Waals surface area (Å²) < 4.78 is 5.20. The summed E-state index contributed by atoms with van der Waals surface area (Å²) in [7, 11) is 1.76. The molecule has 94 valence electrons. The van der Waals surface area contributed by atoms with E-state index in [1.807, 2.05) is 13.0 Å². The van der Waals surface area contributed by atoms with Crippen molar-refractivity contribution in [3.05, 3.63) is 17.0 Å². The highest BCUT2D eigenvalue weighted by molar-refractivity contribution is 6.29. The standard InChI is InChI=1S/C12H18ClN3O/c1-9-14-11(13)7-12(15-9)16-5-3-10(4-6-16)8-17-2/h7,10H,3-6,8H2,1-2H3. The third-order valence-corrected chi connectivity index (χ3v) is 3.33. The Kier molecular flexibility index (Phi) is 4.18. The summed E-state index contributed by atoms with van der Waals surface area (Å²) >= 11 is 5.95. The van der Waals surface area contributed by atoms with Crippen LogP contribution in [0.25, 0.3) is 0 Å². The van der Waals surface area contributed by atoms with Gasteiger partial charge in [-0.3, -0.25) is 0 Å². The normalized spacial score (nSPS) is 17.5. The smallest absolute Gasteiger partial charge is 0.134 e. The number of aromatic nitrogens is 2. The maximum absolute atomic E-state index is 5.95. The number of hydrogen-bond acceptors (Lipinski definition) is 4. The van der Waals surface area contributed by atoms with E-state index in [1.165, 1.54) is 0 Å². The van der Waals surface area contributed by atoms with Crippen LogP contribution in [-0.4, -0.2) is 36.8 Å². The molecule has 0 radical (unpaired) electrons. The Hall–Kier alpha value is -0.870. The van der Waals surface area contributed by atoms with E-state index in [-0.39, 0.29) is 0 Å². The van der Waals surface area contributed by atoms with Crippen LogP contribution in [0.2, 0.25) is 5.15 Å². The zero-order valence-corrected chi connectivity index (χ0v) is 11.1. The topological polar surface area (TPSA) is 38.2 Å². The molecule has 1 fully saturated rings. The van der Waals surface area contributed by atoms with Gasteiger partial charge in [0.1, 0.15) is 16.8 Å². The second-order valence-corrected chi connectivity index (χ2v) is 4.87.